The van der Waals surface area contributed by atoms with Crippen LogP contribution in [0, 0.1) is 0 Å². The van der Waals surface area contributed by atoms with Gasteiger partial charge in [0, 0.05) is 24.4 Å². The van der Waals surface area contributed by atoms with Crippen LogP contribution in [0.5, 0.6) is 0 Å². The van der Waals surface area contributed by atoms with Gasteiger partial charge in [0.15, 0.2) is 0 Å². The number of aromatic nitrogens is 1. The number of nitrogens with zero attached hydrogens (tertiary/aromatic N) is 1. The second-order valence-corrected chi connectivity index (χ2v) is 5.85. The lowest BCUT2D eigenvalue weighted by Gasteiger charge is -2.16. The molecule has 1 aromatic heterocycles. The number of halogens is 2. The van der Waals surface area contributed by atoms with Crippen LogP contribution in [0.15, 0.2) is 36.5 Å². The van der Waals surface area contributed by atoms with E-state index in [2.05, 4.69) is 29.5 Å². The Kier molecular flexibility index (Phi) is 6.00. The number of pyridine rings is 1. The van der Waals surface area contributed by atoms with Crippen molar-refractivity contribution in [3.8, 4) is 0 Å². The summed E-state index contributed by atoms with van der Waals surface area (Å²) in [5.74, 6) is 5.66. The van der Waals surface area contributed by atoms with E-state index in [1.54, 1.807) is 6.07 Å². The van der Waals surface area contributed by atoms with E-state index in [1.165, 1.54) is 5.56 Å². The molecule has 0 fully saturated rings. The Balaban J connectivity index is 2.03. The first-order chi connectivity index (χ1) is 10.1. The second-order valence-electron chi connectivity index (χ2n) is 5.03. The Bertz CT molecular complexity index is 585. The lowest BCUT2D eigenvalue weighted by Crippen LogP contribution is -2.38. The molecule has 0 aliphatic rings. The molecule has 0 saturated carbocycles. The molecule has 0 amide bonds. The summed E-state index contributed by atoms with van der Waals surface area (Å²) in [7, 11) is 0. The van der Waals surface area contributed by atoms with Crippen LogP contribution in [0.25, 0.3) is 0 Å². The Hall–Kier alpha value is -1.13. The molecule has 3 nitrogen and oxygen atoms in total. The lowest BCUT2D eigenvalue weighted by atomic mass is 10.0. The number of rotatable bonds is 6. The summed E-state index contributed by atoms with van der Waals surface area (Å²) in [4.78, 5) is 4.47. The van der Waals surface area contributed by atoms with Gasteiger partial charge in [0.05, 0.1) is 10.0 Å². The van der Waals surface area contributed by atoms with Crippen LogP contribution in [0.2, 0.25) is 10.0 Å². The smallest absolute Gasteiger partial charge is 0.0595 e. The fourth-order valence-corrected chi connectivity index (χ4v) is 2.50. The van der Waals surface area contributed by atoms with Crippen molar-refractivity contribution >= 4 is 23.2 Å². The summed E-state index contributed by atoms with van der Waals surface area (Å²) in [5, 5.41) is 1.13. The fourth-order valence-electron chi connectivity index (χ4n) is 2.18. The average molecular weight is 324 g/mol. The SMILES string of the molecule is CCc1ccc(CC(Cc2ccc(Cl)c(Cl)c2)NN)nc1. The van der Waals surface area contributed by atoms with E-state index in [4.69, 9.17) is 29.0 Å². The summed E-state index contributed by atoms with van der Waals surface area (Å²) < 4.78 is 0. The van der Waals surface area contributed by atoms with Crippen LogP contribution in [0.1, 0.15) is 23.7 Å². The minimum absolute atomic E-state index is 0.0993. The molecular weight excluding hydrogens is 305 g/mol. The third-order valence-electron chi connectivity index (χ3n) is 3.45. The van der Waals surface area contributed by atoms with Crippen molar-refractivity contribution in [3.63, 3.8) is 0 Å². The third kappa shape index (κ3) is 4.68. The van der Waals surface area contributed by atoms with Crippen LogP contribution >= 0.6 is 23.2 Å². The monoisotopic (exact) mass is 323 g/mol. The van der Waals surface area contributed by atoms with Crippen molar-refractivity contribution in [2.75, 3.05) is 0 Å². The van der Waals surface area contributed by atoms with Gasteiger partial charge in [0.1, 0.15) is 0 Å². The van der Waals surface area contributed by atoms with E-state index < -0.39 is 0 Å². The zero-order chi connectivity index (χ0) is 15.2. The highest BCUT2D eigenvalue weighted by Gasteiger charge is 2.11. The highest BCUT2D eigenvalue weighted by Crippen LogP contribution is 2.23. The normalized spacial score (nSPS) is 12.4. The van der Waals surface area contributed by atoms with Crippen molar-refractivity contribution in [2.24, 2.45) is 5.84 Å². The van der Waals surface area contributed by atoms with Crippen molar-refractivity contribution in [1.29, 1.82) is 0 Å². The summed E-state index contributed by atoms with van der Waals surface area (Å²) in [5.41, 5.74) is 6.20. The molecule has 1 aromatic carbocycles. The summed E-state index contributed by atoms with van der Waals surface area (Å²) >= 11 is 12.0. The van der Waals surface area contributed by atoms with Gasteiger partial charge < -0.3 is 0 Å². The lowest BCUT2D eigenvalue weighted by molar-refractivity contribution is 0.517. The van der Waals surface area contributed by atoms with Crippen molar-refractivity contribution in [1.82, 2.24) is 10.4 Å². The first-order valence-electron chi connectivity index (χ1n) is 6.96. The summed E-state index contributed by atoms with van der Waals surface area (Å²) in [6.07, 6.45) is 4.45. The Morgan fingerprint density at radius 1 is 1.10 bits per heavy atom. The molecule has 5 heteroatoms. The summed E-state index contributed by atoms with van der Waals surface area (Å²) in [6, 6.07) is 9.91. The highest BCUT2D eigenvalue weighted by atomic mass is 35.5. The van der Waals surface area contributed by atoms with Crippen molar-refractivity contribution in [3.05, 3.63) is 63.4 Å². The van der Waals surface area contributed by atoms with Gasteiger partial charge in [-0.1, -0.05) is 42.3 Å². The van der Waals surface area contributed by atoms with E-state index in [9.17, 15) is 0 Å². The second kappa shape index (κ2) is 7.76. The Morgan fingerprint density at radius 3 is 2.43 bits per heavy atom. The molecule has 0 saturated heterocycles. The maximum Gasteiger partial charge on any atom is 0.0595 e. The van der Waals surface area contributed by atoms with Gasteiger partial charge in [-0.15, -0.1) is 0 Å². The number of hydrogen-bond donors (Lipinski definition) is 2. The molecule has 0 aliphatic heterocycles. The fraction of sp³-hybridized carbons (Fsp3) is 0.312. The van der Waals surface area contributed by atoms with Crippen molar-refractivity contribution in [2.45, 2.75) is 32.2 Å². The van der Waals surface area contributed by atoms with Gasteiger partial charge in [0.25, 0.3) is 0 Å². The van der Waals surface area contributed by atoms with Gasteiger partial charge in [-0.3, -0.25) is 16.3 Å². The number of hydrazine groups is 1. The molecule has 2 aromatic rings. The van der Waals surface area contributed by atoms with Crippen LogP contribution in [-0.2, 0) is 19.3 Å². The number of benzene rings is 1. The van der Waals surface area contributed by atoms with Gasteiger partial charge in [0.2, 0.25) is 0 Å². The minimum atomic E-state index is 0.0993. The third-order valence-corrected chi connectivity index (χ3v) is 4.19. The number of nitrogens with two attached hydrogens (primary N) is 1. The molecule has 3 N–H and O–H groups in total. The molecular formula is C16H19Cl2N3. The quantitative estimate of drug-likeness (QED) is 0.631. The molecule has 2 rings (SSSR count). The molecule has 0 radical (unpaired) electrons. The Labute approximate surface area is 135 Å². The first-order valence-corrected chi connectivity index (χ1v) is 7.71. The molecule has 1 heterocycles. The molecule has 0 spiro atoms. The van der Waals surface area contributed by atoms with Crippen LogP contribution in [0.4, 0.5) is 0 Å². The van der Waals surface area contributed by atoms with E-state index in [1.807, 2.05) is 18.3 Å². The minimum Gasteiger partial charge on any atom is -0.271 e. The van der Waals surface area contributed by atoms with E-state index >= 15 is 0 Å². The molecule has 112 valence electrons. The predicted octanol–water partition coefficient (Wildman–Crippen LogP) is 3.57. The van der Waals surface area contributed by atoms with Gasteiger partial charge in [-0.2, -0.15) is 0 Å². The molecule has 21 heavy (non-hydrogen) atoms. The molecule has 1 unspecified atom stereocenters. The van der Waals surface area contributed by atoms with Crippen LogP contribution in [-0.4, -0.2) is 11.0 Å². The van der Waals surface area contributed by atoms with Crippen LogP contribution < -0.4 is 11.3 Å². The predicted molar refractivity (Wildman–Crippen MR) is 88.6 cm³/mol. The van der Waals surface area contributed by atoms with E-state index in [0.29, 0.717) is 10.0 Å². The molecule has 1 atom stereocenters. The average Bonchev–Trinajstić information content (AvgIpc) is 2.51. The van der Waals surface area contributed by atoms with Crippen LogP contribution in [0.3, 0.4) is 0 Å². The topological polar surface area (TPSA) is 50.9 Å². The number of hydrogen-bond acceptors (Lipinski definition) is 3. The standard InChI is InChI=1S/C16H19Cl2N3/c1-2-11-3-5-13(20-10-11)9-14(21-19)7-12-4-6-15(17)16(18)8-12/h3-6,8,10,14,21H,2,7,9,19H2,1H3. The highest BCUT2D eigenvalue weighted by molar-refractivity contribution is 6.42. The maximum absolute atomic E-state index is 6.04. The zero-order valence-corrected chi connectivity index (χ0v) is 13.5. The van der Waals surface area contributed by atoms with Crippen molar-refractivity contribution < 1.29 is 0 Å². The number of aryl methyl sites for hydroxylation is 1. The van der Waals surface area contributed by atoms with E-state index in [0.717, 1.165) is 30.5 Å². The van der Waals surface area contributed by atoms with Gasteiger partial charge in [-0.25, -0.2) is 0 Å². The maximum atomic E-state index is 6.04. The van der Waals surface area contributed by atoms with Gasteiger partial charge >= 0.3 is 0 Å². The first kappa shape index (κ1) is 16.2. The Morgan fingerprint density at radius 2 is 1.86 bits per heavy atom. The van der Waals surface area contributed by atoms with E-state index in [-0.39, 0.29) is 6.04 Å². The molecule has 0 bridgehead atoms. The summed E-state index contributed by atoms with van der Waals surface area (Å²) in [6.45, 7) is 2.12. The largest absolute Gasteiger partial charge is 0.271 e. The van der Waals surface area contributed by atoms with Gasteiger partial charge in [-0.05, 0) is 42.2 Å². The molecule has 0 aliphatic carbocycles. The zero-order valence-electron chi connectivity index (χ0n) is 11.9. The number of nitrogens with one attached hydrogen (secondary N) is 1.